The molecule has 1 amide bonds. The highest BCUT2D eigenvalue weighted by atomic mass is 16.1. The summed E-state index contributed by atoms with van der Waals surface area (Å²) in [7, 11) is 0. The van der Waals surface area contributed by atoms with Crippen LogP contribution in [0.3, 0.4) is 0 Å². The molecule has 134 valence electrons. The van der Waals surface area contributed by atoms with E-state index in [9.17, 15) is 4.79 Å². The van der Waals surface area contributed by atoms with Crippen molar-refractivity contribution >= 4 is 28.0 Å². The van der Waals surface area contributed by atoms with Gasteiger partial charge in [-0.15, -0.1) is 10.2 Å². The second kappa shape index (κ2) is 6.16. The van der Waals surface area contributed by atoms with Gasteiger partial charge in [-0.25, -0.2) is 4.98 Å². The lowest BCUT2D eigenvalue weighted by Gasteiger charge is -2.09. The summed E-state index contributed by atoms with van der Waals surface area (Å²) >= 11 is 0. The maximum atomic E-state index is 12.5. The van der Waals surface area contributed by atoms with Crippen molar-refractivity contribution in [1.29, 1.82) is 0 Å². The van der Waals surface area contributed by atoms with Gasteiger partial charge in [-0.05, 0) is 43.5 Å². The molecule has 1 aliphatic carbocycles. The number of hydrogen-bond donors (Lipinski definition) is 1. The van der Waals surface area contributed by atoms with Crippen LogP contribution in [0.1, 0.15) is 34.6 Å². The summed E-state index contributed by atoms with van der Waals surface area (Å²) in [6.45, 7) is 2.67. The van der Waals surface area contributed by atoms with E-state index in [1.54, 1.807) is 0 Å². The third kappa shape index (κ3) is 2.93. The molecule has 1 saturated carbocycles. The van der Waals surface area contributed by atoms with E-state index in [1.165, 1.54) is 5.56 Å². The number of benzene rings is 2. The van der Waals surface area contributed by atoms with Crippen LogP contribution in [-0.2, 0) is 6.54 Å². The predicted octanol–water partition coefficient (Wildman–Crippen LogP) is 3.23. The van der Waals surface area contributed by atoms with Crippen LogP contribution in [0.4, 0.5) is 0 Å². The highest BCUT2D eigenvalue weighted by Gasteiger charge is 2.24. The fraction of sp³-hybridized carbons (Fsp3) is 0.238. The van der Waals surface area contributed by atoms with Gasteiger partial charge in [-0.1, -0.05) is 30.3 Å². The van der Waals surface area contributed by atoms with E-state index in [0.717, 1.165) is 35.1 Å². The Labute approximate surface area is 156 Å². The lowest BCUT2D eigenvalue weighted by molar-refractivity contribution is 0.0951. The Morgan fingerprint density at radius 1 is 1.15 bits per heavy atom. The molecule has 0 spiro atoms. The van der Waals surface area contributed by atoms with Gasteiger partial charge in [0.1, 0.15) is 5.82 Å². The van der Waals surface area contributed by atoms with E-state index in [-0.39, 0.29) is 5.91 Å². The molecule has 0 radical (unpaired) electrons. The number of imidazole rings is 1. The molecule has 1 aliphatic rings. The number of fused-ring (bicyclic) bond motifs is 3. The van der Waals surface area contributed by atoms with Crippen LogP contribution in [-0.4, -0.2) is 31.7 Å². The molecule has 6 heteroatoms. The SMILES string of the molecule is Cc1nc2nnc3ccc(C(=O)NC4CC4)cc3c2n1Cc1ccccc1. The first-order valence-corrected chi connectivity index (χ1v) is 9.17. The van der Waals surface area contributed by atoms with Crippen LogP contribution >= 0.6 is 0 Å². The summed E-state index contributed by atoms with van der Waals surface area (Å²) < 4.78 is 2.14. The Balaban J connectivity index is 1.66. The highest BCUT2D eigenvalue weighted by Crippen LogP contribution is 2.26. The van der Waals surface area contributed by atoms with Crippen LogP contribution in [0.2, 0.25) is 0 Å². The van der Waals surface area contributed by atoms with Gasteiger partial charge in [-0.3, -0.25) is 4.79 Å². The lowest BCUT2D eigenvalue weighted by atomic mass is 10.1. The fourth-order valence-electron chi connectivity index (χ4n) is 3.40. The van der Waals surface area contributed by atoms with E-state index < -0.39 is 0 Å². The molecule has 0 saturated heterocycles. The number of nitrogens with zero attached hydrogens (tertiary/aromatic N) is 4. The van der Waals surface area contributed by atoms with Crippen molar-refractivity contribution in [3.63, 3.8) is 0 Å². The van der Waals surface area contributed by atoms with Crippen LogP contribution < -0.4 is 5.32 Å². The number of nitrogens with one attached hydrogen (secondary N) is 1. The third-order valence-corrected chi connectivity index (χ3v) is 5.00. The van der Waals surface area contributed by atoms with Gasteiger partial charge in [-0.2, -0.15) is 0 Å². The largest absolute Gasteiger partial charge is 0.349 e. The topological polar surface area (TPSA) is 72.7 Å². The minimum absolute atomic E-state index is 0.0322. The normalized spacial score (nSPS) is 14.0. The van der Waals surface area contributed by atoms with Gasteiger partial charge in [0.2, 0.25) is 5.65 Å². The van der Waals surface area contributed by atoms with Gasteiger partial charge in [0.15, 0.2) is 0 Å². The monoisotopic (exact) mass is 357 g/mol. The van der Waals surface area contributed by atoms with Crippen molar-refractivity contribution in [3.8, 4) is 0 Å². The maximum Gasteiger partial charge on any atom is 0.251 e. The first-order valence-electron chi connectivity index (χ1n) is 9.17. The van der Waals surface area contributed by atoms with E-state index in [0.29, 0.717) is 23.8 Å². The number of carbonyl (C=O) groups is 1. The summed E-state index contributed by atoms with van der Waals surface area (Å²) in [6.07, 6.45) is 2.14. The quantitative estimate of drug-likeness (QED) is 0.609. The molecule has 2 aromatic heterocycles. The minimum Gasteiger partial charge on any atom is -0.349 e. The fourth-order valence-corrected chi connectivity index (χ4v) is 3.40. The van der Waals surface area contributed by atoms with Crippen molar-refractivity contribution in [2.75, 3.05) is 0 Å². The van der Waals surface area contributed by atoms with Gasteiger partial charge in [0.05, 0.1) is 11.0 Å². The standard InChI is InChI=1S/C21H19N5O/c1-13-22-20-19(26(13)12-14-5-3-2-4-6-14)17-11-15(7-10-18(17)24-25-20)21(27)23-16-8-9-16/h2-7,10-11,16H,8-9,12H2,1H3,(H,23,27). The summed E-state index contributed by atoms with van der Waals surface area (Å²) in [5, 5.41) is 12.5. The second-order valence-corrected chi connectivity index (χ2v) is 7.08. The van der Waals surface area contributed by atoms with Crippen molar-refractivity contribution < 1.29 is 4.79 Å². The number of aryl methyl sites for hydroxylation is 1. The molecule has 0 bridgehead atoms. The molecule has 0 unspecified atom stereocenters. The Hall–Kier alpha value is -3.28. The second-order valence-electron chi connectivity index (χ2n) is 7.08. The van der Waals surface area contributed by atoms with Crippen molar-refractivity contribution in [3.05, 3.63) is 65.5 Å². The molecule has 6 nitrogen and oxygen atoms in total. The molecule has 1 N–H and O–H groups in total. The van der Waals surface area contributed by atoms with Gasteiger partial charge in [0, 0.05) is 23.5 Å². The average Bonchev–Trinajstić information content (AvgIpc) is 3.44. The molecule has 2 heterocycles. The molecule has 27 heavy (non-hydrogen) atoms. The van der Waals surface area contributed by atoms with Crippen molar-refractivity contribution in [2.45, 2.75) is 32.4 Å². The Bertz CT molecular complexity index is 1160. The van der Waals surface area contributed by atoms with E-state index in [4.69, 9.17) is 0 Å². The van der Waals surface area contributed by atoms with Gasteiger partial charge >= 0.3 is 0 Å². The molecule has 2 aromatic carbocycles. The molecule has 1 fully saturated rings. The zero-order valence-corrected chi connectivity index (χ0v) is 15.0. The number of amides is 1. The maximum absolute atomic E-state index is 12.5. The molecular formula is C21H19N5O. The number of aromatic nitrogens is 4. The molecule has 0 atom stereocenters. The van der Waals surface area contributed by atoms with E-state index in [1.807, 2.05) is 43.3 Å². The van der Waals surface area contributed by atoms with Crippen LogP contribution in [0.15, 0.2) is 48.5 Å². The van der Waals surface area contributed by atoms with Crippen molar-refractivity contribution in [1.82, 2.24) is 25.1 Å². The molecule has 0 aliphatic heterocycles. The number of rotatable bonds is 4. The first-order chi connectivity index (χ1) is 13.2. The summed E-state index contributed by atoms with van der Waals surface area (Å²) in [4.78, 5) is 17.1. The highest BCUT2D eigenvalue weighted by molar-refractivity contribution is 6.05. The van der Waals surface area contributed by atoms with Crippen LogP contribution in [0.5, 0.6) is 0 Å². The Kier molecular flexibility index (Phi) is 3.63. The van der Waals surface area contributed by atoms with Crippen LogP contribution in [0, 0.1) is 6.92 Å². The zero-order valence-electron chi connectivity index (χ0n) is 15.0. The van der Waals surface area contributed by atoms with E-state index >= 15 is 0 Å². The Morgan fingerprint density at radius 2 is 1.96 bits per heavy atom. The summed E-state index contributed by atoms with van der Waals surface area (Å²) in [6, 6.07) is 16.2. The number of carbonyl (C=O) groups excluding carboxylic acids is 1. The zero-order chi connectivity index (χ0) is 18.4. The number of hydrogen-bond acceptors (Lipinski definition) is 4. The van der Waals surface area contributed by atoms with Gasteiger partial charge < -0.3 is 9.88 Å². The van der Waals surface area contributed by atoms with Crippen LogP contribution in [0.25, 0.3) is 22.1 Å². The predicted molar refractivity (Wildman–Crippen MR) is 104 cm³/mol. The molecule has 5 rings (SSSR count). The average molecular weight is 357 g/mol. The summed E-state index contributed by atoms with van der Waals surface area (Å²) in [5.74, 6) is 0.846. The van der Waals surface area contributed by atoms with E-state index in [2.05, 4.69) is 37.2 Å². The smallest absolute Gasteiger partial charge is 0.251 e. The molecular weight excluding hydrogens is 338 g/mol. The molecule has 4 aromatic rings. The van der Waals surface area contributed by atoms with Crippen molar-refractivity contribution in [2.24, 2.45) is 0 Å². The summed E-state index contributed by atoms with van der Waals surface area (Å²) in [5.41, 5.74) is 4.12. The minimum atomic E-state index is -0.0322. The Morgan fingerprint density at radius 3 is 2.74 bits per heavy atom. The first kappa shape index (κ1) is 15.9. The third-order valence-electron chi connectivity index (χ3n) is 5.00. The lowest BCUT2D eigenvalue weighted by Crippen LogP contribution is -2.25. The van der Waals surface area contributed by atoms with Gasteiger partial charge in [0.25, 0.3) is 5.91 Å².